The highest BCUT2D eigenvalue weighted by molar-refractivity contribution is 5.97. The average molecular weight is 154 g/mol. The second kappa shape index (κ2) is 2.22. The van der Waals surface area contributed by atoms with Gasteiger partial charge in [0.2, 0.25) is 5.91 Å². The molecule has 0 spiro atoms. The molecule has 1 N–H and O–H groups in total. The van der Waals surface area contributed by atoms with E-state index in [-0.39, 0.29) is 18.0 Å². The first-order valence-corrected chi connectivity index (χ1v) is 3.88. The minimum absolute atomic E-state index is 0.127. The van der Waals surface area contributed by atoms with E-state index in [4.69, 9.17) is 0 Å². The van der Waals surface area contributed by atoms with E-state index in [1.165, 1.54) is 0 Å². The number of hydrogen-bond donors (Lipinski definition) is 1. The molecular weight excluding hydrogens is 144 g/mol. The summed E-state index contributed by atoms with van der Waals surface area (Å²) in [6.45, 7) is 0.809. The molecule has 0 radical (unpaired) electrons. The van der Waals surface area contributed by atoms with Crippen molar-refractivity contribution < 1.29 is 9.59 Å². The van der Waals surface area contributed by atoms with E-state index in [1.54, 1.807) is 4.90 Å². The Balaban J connectivity index is 2.16. The molecule has 4 heteroatoms. The van der Waals surface area contributed by atoms with Gasteiger partial charge in [-0.25, -0.2) is 4.79 Å². The summed E-state index contributed by atoms with van der Waals surface area (Å²) in [5.74, 6) is -0.127. The van der Waals surface area contributed by atoms with Gasteiger partial charge in [-0.1, -0.05) is 0 Å². The Hall–Kier alpha value is -1.06. The van der Waals surface area contributed by atoms with Crippen LogP contribution in [0.15, 0.2) is 0 Å². The van der Waals surface area contributed by atoms with Gasteiger partial charge in [0, 0.05) is 19.0 Å². The zero-order valence-electron chi connectivity index (χ0n) is 6.17. The number of fused-ring (bicyclic) bond motifs is 1. The molecule has 2 fully saturated rings. The molecule has 2 saturated heterocycles. The summed E-state index contributed by atoms with van der Waals surface area (Å²) in [7, 11) is 0. The number of amides is 3. The zero-order chi connectivity index (χ0) is 7.84. The van der Waals surface area contributed by atoms with Crippen molar-refractivity contribution in [1.29, 1.82) is 0 Å². The van der Waals surface area contributed by atoms with Crippen LogP contribution in [0, 0.1) is 0 Å². The van der Waals surface area contributed by atoms with Crippen molar-refractivity contribution in [1.82, 2.24) is 10.2 Å². The third-order valence-electron chi connectivity index (χ3n) is 2.31. The van der Waals surface area contributed by atoms with Crippen LogP contribution in [0.5, 0.6) is 0 Å². The van der Waals surface area contributed by atoms with Gasteiger partial charge in [0.25, 0.3) is 0 Å². The van der Waals surface area contributed by atoms with E-state index in [0.717, 1.165) is 19.4 Å². The van der Waals surface area contributed by atoms with Gasteiger partial charge in [-0.3, -0.25) is 10.1 Å². The van der Waals surface area contributed by atoms with Crippen molar-refractivity contribution in [2.45, 2.75) is 25.3 Å². The van der Waals surface area contributed by atoms with E-state index >= 15 is 0 Å². The molecule has 0 aromatic carbocycles. The maximum Gasteiger partial charge on any atom is 0.324 e. The summed E-state index contributed by atoms with van der Waals surface area (Å²) in [5, 5.41) is 2.30. The van der Waals surface area contributed by atoms with Crippen LogP contribution in [0.1, 0.15) is 19.3 Å². The monoisotopic (exact) mass is 154 g/mol. The Labute approximate surface area is 64.5 Å². The third-order valence-corrected chi connectivity index (χ3v) is 2.31. The predicted molar refractivity (Wildman–Crippen MR) is 37.9 cm³/mol. The molecule has 3 amide bonds. The van der Waals surface area contributed by atoms with Crippen molar-refractivity contribution >= 4 is 11.9 Å². The highest BCUT2D eigenvalue weighted by Crippen LogP contribution is 2.22. The van der Waals surface area contributed by atoms with Crippen LogP contribution >= 0.6 is 0 Å². The molecule has 1 atom stereocenters. The van der Waals surface area contributed by atoms with E-state index in [9.17, 15) is 9.59 Å². The lowest BCUT2D eigenvalue weighted by Gasteiger charge is -2.28. The van der Waals surface area contributed by atoms with Gasteiger partial charge in [-0.2, -0.15) is 0 Å². The predicted octanol–water partition coefficient (Wildman–Crippen LogP) is 0.0907. The van der Waals surface area contributed by atoms with Gasteiger partial charge in [0.1, 0.15) is 0 Å². The molecule has 0 bridgehead atoms. The van der Waals surface area contributed by atoms with E-state index in [0.29, 0.717) is 6.42 Å². The van der Waals surface area contributed by atoms with Crippen LogP contribution in [0.3, 0.4) is 0 Å². The first-order chi connectivity index (χ1) is 5.27. The molecule has 2 rings (SSSR count). The summed E-state index contributed by atoms with van der Waals surface area (Å²) in [6.07, 6.45) is 2.51. The summed E-state index contributed by atoms with van der Waals surface area (Å²) in [4.78, 5) is 23.7. The van der Waals surface area contributed by atoms with Gasteiger partial charge in [-0.15, -0.1) is 0 Å². The standard InChI is InChI=1S/C7H10N2O2/c10-6-4-5-2-1-3-9(5)7(11)8-6/h5H,1-4H2,(H,8,10,11)/t5-/m0/s1. The van der Waals surface area contributed by atoms with Crippen molar-refractivity contribution in [2.75, 3.05) is 6.54 Å². The molecular formula is C7H10N2O2. The Morgan fingerprint density at radius 1 is 1.45 bits per heavy atom. The normalized spacial score (nSPS) is 30.2. The van der Waals surface area contributed by atoms with Gasteiger partial charge in [-0.05, 0) is 12.8 Å². The van der Waals surface area contributed by atoms with Crippen LogP contribution in [0.25, 0.3) is 0 Å². The fourth-order valence-corrected chi connectivity index (χ4v) is 1.77. The van der Waals surface area contributed by atoms with Crippen molar-refractivity contribution in [2.24, 2.45) is 0 Å². The smallest absolute Gasteiger partial charge is 0.321 e. The lowest BCUT2D eigenvalue weighted by Crippen LogP contribution is -2.51. The Kier molecular flexibility index (Phi) is 1.34. The number of carbonyl (C=O) groups is 2. The van der Waals surface area contributed by atoms with E-state index in [1.807, 2.05) is 0 Å². The van der Waals surface area contributed by atoms with Crippen molar-refractivity contribution in [3.63, 3.8) is 0 Å². The quantitative estimate of drug-likeness (QED) is 0.537. The van der Waals surface area contributed by atoms with Gasteiger partial charge in [0.05, 0.1) is 0 Å². The van der Waals surface area contributed by atoms with Crippen LogP contribution in [0.2, 0.25) is 0 Å². The summed E-state index contributed by atoms with van der Waals surface area (Å²) >= 11 is 0. The van der Waals surface area contributed by atoms with Gasteiger partial charge >= 0.3 is 6.03 Å². The minimum Gasteiger partial charge on any atom is -0.321 e. The molecule has 0 saturated carbocycles. The molecule has 0 unspecified atom stereocenters. The van der Waals surface area contributed by atoms with Crippen LogP contribution < -0.4 is 5.32 Å². The second-order valence-corrected chi connectivity index (χ2v) is 3.05. The fraction of sp³-hybridized carbons (Fsp3) is 0.714. The van der Waals surface area contributed by atoms with Crippen LogP contribution in [-0.2, 0) is 4.79 Å². The Morgan fingerprint density at radius 2 is 2.27 bits per heavy atom. The molecule has 11 heavy (non-hydrogen) atoms. The number of imide groups is 1. The Morgan fingerprint density at radius 3 is 3.09 bits per heavy atom. The molecule has 2 aliphatic rings. The number of rotatable bonds is 0. The first kappa shape index (κ1) is 6.64. The number of nitrogens with one attached hydrogen (secondary N) is 1. The third kappa shape index (κ3) is 0.982. The summed E-state index contributed by atoms with van der Waals surface area (Å²) in [6, 6.07) is -0.0139. The lowest BCUT2D eigenvalue weighted by atomic mass is 10.1. The van der Waals surface area contributed by atoms with Gasteiger partial charge < -0.3 is 4.90 Å². The number of nitrogens with zero attached hydrogens (tertiary/aromatic N) is 1. The number of urea groups is 1. The van der Waals surface area contributed by atoms with Crippen molar-refractivity contribution in [3.8, 4) is 0 Å². The first-order valence-electron chi connectivity index (χ1n) is 3.88. The lowest BCUT2D eigenvalue weighted by molar-refractivity contribution is -0.122. The van der Waals surface area contributed by atoms with E-state index < -0.39 is 0 Å². The Bertz CT molecular complexity index is 214. The highest BCUT2D eigenvalue weighted by atomic mass is 16.2. The SMILES string of the molecule is O=C1C[C@@H]2CCCN2C(=O)N1. The fourth-order valence-electron chi connectivity index (χ4n) is 1.77. The molecule has 2 heterocycles. The molecule has 2 aliphatic heterocycles. The molecule has 0 aliphatic carbocycles. The molecule has 0 aromatic heterocycles. The number of hydrogen-bond acceptors (Lipinski definition) is 2. The zero-order valence-corrected chi connectivity index (χ0v) is 6.17. The van der Waals surface area contributed by atoms with Crippen molar-refractivity contribution in [3.05, 3.63) is 0 Å². The summed E-state index contributed by atoms with van der Waals surface area (Å²) < 4.78 is 0. The van der Waals surface area contributed by atoms with Gasteiger partial charge in [0.15, 0.2) is 0 Å². The molecule has 4 nitrogen and oxygen atoms in total. The van der Waals surface area contributed by atoms with E-state index in [2.05, 4.69) is 5.32 Å². The minimum atomic E-state index is -0.205. The maximum atomic E-state index is 11.1. The largest absolute Gasteiger partial charge is 0.324 e. The highest BCUT2D eigenvalue weighted by Gasteiger charge is 2.35. The second-order valence-electron chi connectivity index (χ2n) is 3.05. The average Bonchev–Trinajstić information content (AvgIpc) is 2.34. The molecule has 60 valence electrons. The van der Waals surface area contributed by atoms with Crippen LogP contribution in [-0.4, -0.2) is 29.4 Å². The number of carbonyl (C=O) groups excluding carboxylic acids is 2. The summed E-state index contributed by atoms with van der Waals surface area (Å²) in [5.41, 5.74) is 0. The topological polar surface area (TPSA) is 49.4 Å². The van der Waals surface area contributed by atoms with Crippen LogP contribution in [0.4, 0.5) is 4.79 Å². The molecule has 0 aromatic rings. The maximum absolute atomic E-state index is 11.1.